The van der Waals surface area contributed by atoms with E-state index in [0.29, 0.717) is 45.3 Å². The molecule has 3 aromatic carbocycles. The first kappa shape index (κ1) is 27.9. The highest BCUT2D eigenvalue weighted by Crippen LogP contribution is 2.37. The van der Waals surface area contributed by atoms with Crippen molar-refractivity contribution in [3.63, 3.8) is 0 Å². The zero-order chi connectivity index (χ0) is 29.5. The average Bonchev–Trinajstić information content (AvgIpc) is 3.59. The lowest BCUT2D eigenvalue weighted by Gasteiger charge is -2.17. The maximum absolute atomic E-state index is 13.5. The fourth-order valence-electron chi connectivity index (χ4n) is 4.44. The second-order valence-electron chi connectivity index (χ2n) is 9.14. The van der Waals surface area contributed by atoms with E-state index in [4.69, 9.17) is 9.47 Å². The van der Waals surface area contributed by atoms with Crippen LogP contribution in [0.25, 0.3) is 33.8 Å². The lowest BCUT2D eigenvalue weighted by Crippen LogP contribution is -2.08. The zero-order valence-corrected chi connectivity index (χ0v) is 23.2. The summed E-state index contributed by atoms with van der Waals surface area (Å²) in [6.07, 6.45) is -1.10. The van der Waals surface area contributed by atoms with Gasteiger partial charge in [-0.25, -0.2) is 18.1 Å². The first-order valence-electron chi connectivity index (χ1n) is 12.1. The highest BCUT2D eigenvalue weighted by Gasteiger charge is 2.35. The number of benzene rings is 3. The van der Waals surface area contributed by atoms with Crippen LogP contribution in [0, 0.1) is 6.92 Å². The standard InChI is InChI=1S/C28H24F3N5O4S/c1-17-33-27(28(29,30)31)16-35(17)23-11-8-19(18-6-5-7-21(12-18)41(4,37)38)13-24(23)36-25(15-32-34-36)22-10-9-20(39-2)14-26(22)40-3/h5-16H,1-4H3. The Morgan fingerprint density at radius 3 is 2.32 bits per heavy atom. The molecule has 0 spiro atoms. The minimum Gasteiger partial charge on any atom is -0.497 e. The zero-order valence-electron chi connectivity index (χ0n) is 22.3. The van der Waals surface area contributed by atoms with Gasteiger partial charge in [0, 0.05) is 24.1 Å². The molecule has 0 bridgehead atoms. The summed E-state index contributed by atoms with van der Waals surface area (Å²) in [6.45, 7) is 1.47. The molecular formula is C28H24F3N5O4S. The van der Waals surface area contributed by atoms with Crippen molar-refractivity contribution in [1.82, 2.24) is 24.5 Å². The van der Waals surface area contributed by atoms with Crippen molar-refractivity contribution < 1.29 is 31.1 Å². The fraction of sp³-hybridized carbons (Fsp3) is 0.179. The van der Waals surface area contributed by atoms with Crippen LogP contribution in [0.5, 0.6) is 11.5 Å². The van der Waals surface area contributed by atoms with Crippen molar-refractivity contribution in [2.75, 3.05) is 20.5 Å². The summed E-state index contributed by atoms with van der Waals surface area (Å²) in [7, 11) is -0.454. The topological polar surface area (TPSA) is 101 Å². The smallest absolute Gasteiger partial charge is 0.434 e. The van der Waals surface area contributed by atoms with Gasteiger partial charge in [-0.3, -0.25) is 0 Å². The molecule has 9 nitrogen and oxygen atoms in total. The minimum atomic E-state index is -4.64. The predicted molar refractivity (Wildman–Crippen MR) is 145 cm³/mol. The quantitative estimate of drug-likeness (QED) is 0.248. The predicted octanol–water partition coefficient (Wildman–Crippen LogP) is 5.53. The molecule has 0 saturated heterocycles. The van der Waals surface area contributed by atoms with Crippen LogP contribution in [0.2, 0.25) is 0 Å². The molecular weight excluding hydrogens is 559 g/mol. The van der Waals surface area contributed by atoms with Crippen LogP contribution in [-0.2, 0) is 16.0 Å². The highest BCUT2D eigenvalue weighted by atomic mass is 32.2. The number of imidazole rings is 1. The van der Waals surface area contributed by atoms with Crippen LogP contribution in [0.1, 0.15) is 11.5 Å². The molecule has 0 aliphatic heterocycles. The van der Waals surface area contributed by atoms with Gasteiger partial charge >= 0.3 is 6.18 Å². The fourth-order valence-corrected chi connectivity index (χ4v) is 5.11. The van der Waals surface area contributed by atoms with Crippen molar-refractivity contribution in [1.29, 1.82) is 0 Å². The van der Waals surface area contributed by atoms with E-state index in [9.17, 15) is 21.6 Å². The van der Waals surface area contributed by atoms with Crippen molar-refractivity contribution in [2.24, 2.45) is 0 Å². The summed E-state index contributed by atoms with van der Waals surface area (Å²) in [5.41, 5.74) is 1.95. The maximum Gasteiger partial charge on any atom is 0.434 e. The summed E-state index contributed by atoms with van der Waals surface area (Å²) in [4.78, 5) is 3.85. The number of sulfone groups is 1. The number of aryl methyl sites for hydroxylation is 1. The second-order valence-corrected chi connectivity index (χ2v) is 11.2. The molecule has 2 aromatic heterocycles. The van der Waals surface area contributed by atoms with Crippen LogP contribution in [-0.4, -0.2) is 53.4 Å². The Hall–Kier alpha value is -4.65. The molecule has 0 saturated carbocycles. The molecule has 0 N–H and O–H groups in total. The van der Waals surface area contributed by atoms with Crippen molar-refractivity contribution >= 4 is 9.84 Å². The summed E-state index contributed by atoms with van der Waals surface area (Å²) < 4.78 is 78.7. The van der Waals surface area contributed by atoms with Crippen LogP contribution in [0.3, 0.4) is 0 Å². The van der Waals surface area contributed by atoms with Gasteiger partial charge in [0.05, 0.1) is 42.4 Å². The SMILES string of the molecule is COc1ccc(-c2cnnn2-c2cc(-c3cccc(S(C)(=O)=O)c3)ccc2-n2cc(C(F)(F)F)nc2C)c(OC)c1. The Balaban J connectivity index is 1.76. The monoisotopic (exact) mass is 583 g/mol. The number of alkyl halides is 3. The Morgan fingerprint density at radius 1 is 0.902 bits per heavy atom. The van der Waals surface area contributed by atoms with Crippen molar-refractivity contribution in [3.05, 3.63) is 84.6 Å². The molecule has 2 heterocycles. The van der Waals surface area contributed by atoms with Crippen LogP contribution in [0.15, 0.2) is 78.0 Å². The van der Waals surface area contributed by atoms with Gasteiger partial charge in [-0.15, -0.1) is 5.10 Å². The van der Waals surface area contributed by atoms with E-state index in [-0.39, 0.29) is 10.7 Å². The summed E-state index contributed by atoms with van der Waals surface area (Å²) >= 11 is 0. The van der Waals surface area contributed by atoms with Crippen molar-refractivity contribution in [2.45, 2.75) is 18.0 Å². The number of hydrogen-bond donors (Lipinski definition) is 0. The van der Waals surface area contributed by atoms with Gasteiger partial charge in [-0.2, -0.15) is 13.2 Å². The van der Waals surface area contributed by atoms with Crippen molar-refractivity contribution in [3.8, 4) is 45.3 Å². The first-order valence-corrected chi connectivity index (χ1v) is 14.0. The molecule has 0 aliphatic carbocycles. The molecule has 5 rings (SSSR count). The Bertz CT molecular complexity index is 1860. The van der Waals surface area contributed by atoms with E-state index in [1.54, 1.807) is 48.5 Å². The summed E-state index contributed by atoms with van der Waals surface area (Å²) in [5, 5.41) is 8.36. The highest BCUT2D eigenvalue weighted by molar-refractivity contribution is 7.90. The van der Waals surface area contributed by atoms with E-state index < -0.39 is 21.7 Å². The van der Waals surface area contributed by atoms with Gasteiger partial charge < -0.3 is 14.0 Å². The molecule has 0 fully saturated rings. The van der Waals surface area contributed by atoms with E-state index in [0.717, 1.165) is 12.5 Å². The molecule has 0 radical (unpaired) electrons. The van der Waals surface area contributed by atoms with Crippen LogP contribution in [0.4, 0.5) is 13.2 Å². The number of halogens is 3. The summed E-state index contributed by atoms with van der Waals surface area (Å²) in [5.74, 6) is 1.13. The number of hydrogen-bond acceptors (Lipinski definition) is 7. The molecule has 212 valence electrons. The Labute approximate surface area is 233 Å². The number of aromatic nitrogens is 5. The van der Waals surface area contributed by atoms with Gasteiger partial charge in [-0.05, 0) is 54.4 Å². The molecule has 0 atom stereocenters. The average molecular weight is 584 g/mol. The molecule has 0 amide bonds. The lowest BCUT2D eigenvalue weighted by molar-refractivity contribution is -0.141. The Morgan fingerprint density at radius 2 is 1.66 bits per heavy atom. The van der Waals surface area contributed by atoms with E-state index in [1.807, 2.05) is 0 Å². The van der Waals surface area contributed by atoms with Gasteiger partial charge in [0.25, 0.3) is 0 Å². The largest absolute Gasteiger partial charge is 0.497 e. The van der Waals surface area contributed by atoms with E-state index in [2.05, 4.69) is 15.3 Å². The number of methoxy groups -OCH3 is 2. The third kappa shape index (κ3) is 5.40. The molecule has 13 heteroatoms. The molecule has 0 unspecified atom stereocenters. The summed E-state index contributed by atoms with van der Waals surface area (Å²) in [6, 6.07) is 16.6. The van der Waals surface area contributed by atoms with Gasteiger partial charge in [-0.1, -0.05) is 23.4 Å². The van der Waals surface area contributed by atoms with Crippen LogP contribution < -0.4 is 9.47 Å². The van der Waals surface area contributed by atoms with Gasteiger partial charge in [0.2, 0.25) is 0 Å². The van der Waals surface area contributed by atoms with Crippen LogP contribution >= 0.6 is 0 Å². The maximum atomic E-state index is 13.5. The minimum absolute atomic E-state index is 0.106. The molecule has 41 heavy (non-hydrogen) atoms. The number of rotatable bonds is 7. The molecule has 5 aromatic rings. The number of ether oxygens (including phenoxy) is 2. The second kappa shape index (κ2) is 10.4. The number of nitrogens with zero attached hydrogens (tertiary/aromatic N) is 5. The normalized spacial score (nSPS) is 12.0. The third-order valence-electron chi connectivity index (χ3n) is 6.47. The molecule has 0 aliphatic rings. The van der Waals surface area contributed by atoms with E-state index in [1.165, 1.54) is 48.7 Å². The Kier molecular flexibility index (Phi) is 7.07. The first-order chi connectivity index (χ1) is 19.4. The van der Waals surface area contributed by atoms with Gasteiger partial charge in [0.1, 0.15) is 17.3 Å². The van der Waals surface area contributed by atoms with E-state index >= 15 is 0 Å². The lowest BCUT2D eigenvalue weighted by atomic mass is 10.0. The van der Waals surface area contributed by atoms with Gasteiger partial charge in [0.15, 0.2) is 15.5 Å². The third-order valence-corrected chi connectivity index (χ3v) is 7.58.